The Morgan fingerprint density at radius 3 is 2.67 bits per heavy atom. The molecule has 0 saturated heterocycles. The topological polar surface area (TPSA) is 51.1 Å². The number of anilines is 1. The molecule has 3 aliphatic rings. The molecule has 6 rings (SSSR count). The van der Waals surface area contributed by atoms with Crippen LogP contribution in [0, 0.1) is 17.8 Å². The van der Waals surface area contributed by atoms with Gasteiger partial charge in [0, 0.05) is 21.7 Å². The Hall–Kier alpha value is -1.73. The zero-order valence-electron chi connectivity index (χ0n) is 17.7. The molecular formula is C25H22Cl2N2O2S2. The van der Waals surface area contributed by atoms with Gasteiger partial charge < -0.3 is 5.32 Å². The molecule has 2 bridgehead atoms. The van der Waals surface area contributed by atoms with Crippen LogP contribution in [0.1, 0.15) is 35.6 Å². The van der Waals surface area contributed by atoms with Crippen molar-refractivity contribution in [3.63, 3.8) is 0 Å². The summed E-state index contributed by atoms with van der Waals surface area (Å²) in [7, 11) is 0. The zero-order valence-corrected chi connectivity index (χ0v) is 20.8. The minimum atomic E-state index is -0.197. The van der Waals surface area contributed by atoms with Crippen molar-refractivity contribution in [3.8, 4) is 0 Å². The monoisotopic (exact) mass is 516 g/mol. The number of aromatic nitrogens is 1. The van der Waals surface area contributed by atoms with Crippen LogP contribution in [0.3, 0.4) is 0 Å². The van der Waals surface area contributed by atoms with E-state index in [-0.39, 0.29) is 23.2 Å². The Morgan fingerprint density at radius 1 is 1.06 bits per heavy atom. The van der Waals surface area contributed by atoms with E-state index in [9.17, 15) is 9.59 Å². The van der Waals surface area contributed by atoms with Crippen molar-refractivity contribution < 1.29 is 4.79 Å². The van der Waals surface area contributed by atoms with Crippen molar-refractivity contribution in [1.29, 1.82) is 0 Å². The Labute approximate surface area is 210 Å². The number of nitrogens with one attached hydrogen (secondary N) is 1. The lowest BCUT2D eigenvalue weighted by atomic mass is 9.75. The number of rotatable bonds is 4. The van der Waals surface area contributed by atoms with Gasteiger partial charge in [0.05, 0.1) is 15.1 Å². The standard InChI is InChI=1S/C25H22Cl2N2O2S2/c26-17-8-4-7-16(21(17)27)20-19-13-9-10-14(11-13)22(19)32-24-23(20)33-25(31)29(24)12-18(30)28-15-5-2-1-3-6-15/h1-8,13-14,19-20,22H,9-12H2,(H,28,30). The summed E-state index contributed by atoms with van der Waals surface area (Å²) < 4.78 is 1.66. The lowest BCUT2D eigenvalue weighted by molar-refractivity contribution is -0.116. The van der Waals surface area contributed by atoms with Gasteiger partial charge >= 0.3 is 4.87 Å². The highest BCUT2D eigenvalue weighted by atomic mass is 35.5. The summed E-state index contributed by atoms with van der Waals surface area (Å²) >= 11 is 16.2. The Kier molecular flexibility index (Phi) is 5.60. The van der Waals surface area contributed by atoms with Crippen molar-refractivity contribution >= 4 is 57.9 Å². The highest BCUT2D eigenvalue weighted by molar-refractivity contribution is 8.00. The molecule has 2 aliphatic carbocycles. The largest absolute Gasteiger partial charge is 0.325 e. The minimum absolute atomic E-state index is 0.00798. The summed E-state index contributed by atoms with van der Waals surface area (Å²) in [5, 5.41) is 5.40. The van der Waals surface area contributed by atoms with Crippen LogP contribution < -0.4 is 10.2 Å². The normalized spacial score (nSPS) is 27.3. The van der Waals surface area contributed by atoms with Gasteiger partial charge in [0.25, 0.3) is 0 Å². The molecule has 0 spiro atoms. The molecule has 3 aromatic rings. The van der Waals surface area contributed by atoms with Gasteiger partial charge in [-0.1, -0.05) is 64.9 Å². The first kappa shape index (κ1) is 21.8. The molecule has 2 saturated carbocycles. The third kappa shape index (κ3) is 3.66. The van der Waals surface area contributed by atoms with E-state index in [1.54, 1.807) is 4.57 Å². The van der Waals surface area contributed by atoms with Crippen LogP contribution in [-0.4, -0.2) is 15.7 Å². The van der Waals surface area contributed by atoms with E-state index in [4.69, 9.17) is 23.2 Å². The predicted octanol–water partition coefficient (Wildman–Crippen LogP) is 6.51. The van der Waals surface area contributed by atoms with Crippen LogP contribution in [-0.2, 0) is 11.3 Å². The Balaban J connectivity index is 1.41. The van der Waals surface area contributed by atoms with Crippen molar-refractivity contribution in [1.82, 2.24) is 4.57 Å². The van der Waals surface area contributed by atoms with Gasteiger partial charge in [0.15, 0.2) is 0 Å². The van der Waals surface area contributed by atoms with Crippen LogP contribution in [0.25, 0.3) is 0 Å². The molecule has 2 heterocycles. The maximum absolute atomic E-state index is 13.2. The van der Waals surface area contributed by atoms with Crippen molar-refractivity contribution in [2.75, 3.05) is 5.32 Å². The van der Waals surface area contributed by atoms with Crippen molar-refractivity contribution in [3.05, 3.63) is 78.7 Å². The number of halogens is 2. The van der Waals surface area contributed by atoms with Crippen molar-refractivity contribution in [2.24, 2.45) is 17.8 Å². The lowest BCUT2D eigenvalue weighted by Crippen LogP contribution is -2.35. The Morgan fingerprint density at radius 2 is 1.85 bits per heavy atom. The molecular weight excluding hydrogens is 495 g/mol. The van der Waals surface area contributed by atoms with Gasteiger partial charge in [-0.15, -0.1) is 11.8 Å². The fraction of sp³-hybridized carbons (Fsp3) is 0.360. The predicted molar refractivity (Wildman–Crippen MR) is 136 cm³/mol. The average molecular weight is 518 g/mol. The summed E-state index contributed by atoms with van der Waals surface area (Å²) in [4.78, 5) is 26.9. The second kappa shape index (κ2) is 8.49. The molecule has 1 aliphatic heterocycles. The fourth-order valence-corrected chi connectivity index (χ4v) is 9.63. The molecule has 4 nitrogen and oxygen atoms in total. The smallest absolute Gasteiger partial charge is 0.308 e. The molecule has 2 aromatic carbocycles. The van der Waals surface area contributed by atoms with Crippen LogP contribution in [0.5, 0.6) is 0 Å². The number of carbonyl (C=O) groups is 1. The SMILES string of the molecule is O=C(Cn1c2c(sc1=O)C(c1cccc(Cl)c1Cl)C1C3CCC(C3)C1S2)Nc1ccccc1. The van der Waals surface area contributed by atoms with E-state index in [1.807, 2.05) is 54.2 Å². The number of benzene rings is 2. The first-order valence-corrected chi connectivity index (χ1v) is 13.7. The molecule has 1 N–H and O–H groups in total. The van der Waals surface area contributed by atoms with Gasteiger partial charge in [-0.05, 0) is 60.8 Å². The summed E-state index contributed by atoms with van der Waals surface area (Å²) in [6.07, 6.45) is 3.73. The van der Waals surface area contributed by atoms with E-state index in [2.05, 4.69) is 11.4 Å². The van der Waals surface area contributed by atoms with E-state index in [0.29, 0.717) is 33.0 Å². The van der Waals surface area contributed by atoms with Gasteiger partial charge in [-0.25, -0.2) is 0 Å². The highest BCUT2D eigenvalue weighted by Crippen LogP contribution is 2.64. The summed E-state index contributed by atoms with van der Waals surface area (Å²) in [5.74, 6) is 1.59. The Bertz CT molecular complexity index is 1290. The molecule has 2 fully saturated rings. The van der Waals surface area contributed by atoms with E-state index in [1.165, 1.54) is 30.6 Å². The molecule has 1 aromatic heterocycles. The van der Waals surface area contributed by atoms with Crippen LogP contribution in [0.2, 0.25) is 10.0 Å². The number of hydrogen-bond acceptors (Lipinski definition) is 4. The maximum Gasteiger partial charge on any atom is 0.308 e. The van der Waals surface area contributed by atoms with E-state index in [0.717, 1.165) is 21.2 Å². The van der Waals surface area contributed by atoms with Gasteiger partial charge in [-0.3, -0.25) is 14.2 Å². The van der Waals surface area contributed by atoms with Crippen LogP contribution in [0.15, 0.2) is 58.4 Å². The second-order valence-electron chi connectivity index (χ2n) is 9.15. The number of para-hydroxylation sites is 1. The second-order valence-corrected chi connectivity index (χ2v) is 12.1. The third-order valence-electron chi connectivity index (χ3n) is 7.37. The number of nitrogens with zero attached hydrogens (tertiary/aromatic N) is 1. The number of thioether (sulfide) groups is 1. The van der Waals surface area contributed by atoms with Gasteiger partial charge in [0.1, 0.15) is 6.54 Å². The molecule has 33 heavy (non-hydrogen) atoms. The molecule has 5 unspecified atom stereocenters. The van der Waals surface area contributed by atoms with Crippen molar-refractivity contribution in [2.45, 2.75) is 42.0 Å². The van der Waals surface area contributed by atoms with E-state index >= 15 is 0 Å². The van der Waals surface area contributed by atoms with Crippen LogP contribution in [0.4, 0.5) is 5.69 Å². The number of hydrogen-bond donors (Lipinski definition) is 1. The van der Waals surface area contributed by atoms with Gasteiger partial charge in [0.2, 0.25) is 5.91 Å². The fourth-order valence-electron chi connectivity index (χ4n) is 6.06. The molecule has 0 radical (unpaired) electrons. The molecule has 8 heteroatoms. The van der Waals surface area contributed by atoms with E-state index < -0.39 is 0 Å². The lowest BCUT2D eigenvalue weighted by Gasteiger charge is -2.40. The maximum atomic E-state index is 13.2. The zero-order chi connectivity index (χ0) is 22.7. The summed E-state index contributed by atoms with van der Waals surface area (Å²) in [6, 6.07) is 15.1. The molecule has 5 atom stereocenters. The summed E-state index contributed by atoms with van der Waals surface area (Å²) in [5.41, 5.74) is 1.74. The molecule has 1 amide bonds. The number of fused-ring (bicyclic) bond motifs is 6. The highest BCUT2D eigenvalue weighted by Gasteiger charge is 2.55. The average Bonchev–Trinajstić information content (AvgIpc) is 3.50. The van der Waals surface area contributed by atoms with Crippen LogP contribution >= 0.6 is 46.3 Å². The quantitative estimate of drug-likeness (QED) is 0.430. The summed E-state index contributed by atoms with van der Waals surface area (Å²) in [6.45, 7) is 0.00798. The third-order valence-corrected chi connectivity index (χ3v) is 11.0. The van der Waals surface area contributed by atoms with Gasteiger partial charge in [-0.2, -0.15) is 0 Å². The first-order chi connectivity index (χ1) is 16.0. The minimum Gasteiger partial charge on any atom is -0.325 e. The number of carbonyl (C=O) groups excluding carboxylic acids is 1. The number of amides is 1. The molecule has 170 valence electrons. The first-order valence-electron chi connectivity index (χ1n) is 11.2. The number of thiazole rings is 1.